The van der Waals surface area contributed by atoms with E-state index in [1.165, 1.54) is 12.1 Å². The molecule has 1 aromatic heterocycles. The predicted octanol–water partition coefficient (Wildman–Crippen LogP) is 4.41. The molecule has 0 aliphatic rings. The third-order valence-electron chi connectivity index (χ3n) is 3.66. The van der Waals surface area contributed by atoms with E-state index in [0.717, 1.165) is 34.4 Å². The van der Waals surface area contributed by atoms with Gasteiger partial charge in [0.2, 0.25) is 0 Å². The lowest BCUT2D eigenvalue weighted by molar-refractivity contribution is 0.416. The van der Waals surface area contributed by atoms with Gasteiger partial charge in [-0.2, -0.15) is 0 Å². The van der Waals surface area contributed by atoms with Crippen LogP contribution in [0.3, 0.4) is 0 Å². The van der Waals surface area contributed by atoms with E-state index < -0.39 is 0 Å². The van der Waals surface area contributed by atoms with Gasteiger partial charge in [0.05, 0.1) is 12.7 Å². The van der Waals surface area contributed by atoms with Crippen molar-refractivity contribution < 1.29 is 9.13 Å². The van der Waals surface area contributed by atoms with E-state index in [2.05, 4.69) is 21.7 Å². The van der Waals surface area contributed by atoms with Crippen LogP contribution in [0, 0.1) is 5.82 Å². The molecule has 124 valence electrons. The molecule has 0 atom stereocenters. The summed E-state index contributed by atoms with van der Waals surface area (Å²) in [4.78, 5) is 0. The lowest BCUT2D eigenvalue weighted by Crippen LogP contribution is -2.01. The van der Waals surface area contributed by atoms with Crippen molar-refractivity contribution in [2.24, 2.45) is 0 Å². The van der Waals surface area contributed by atoms with Crippen LogP contribution in [0.25, 0.3) is 11.4 Å². The Morgan fingerprint density at radius 3 is 2.54 bits per heavy atom. The van der Waals surface area contributed by atoms with E-state index in [1.807, 2.05) is 24.3 Å². The molecule has 6 heteroatoms. The number of hydrogen-bond donors (Lipinski definition) is 0. The largest absolute Gasteiger partial charge is 0.496 e. The summed E-state index contributed by atoms with van der Waals surface area (Å²) in [6.45, 7) is 2.82. The van der Waals surface area contributed by atoms with Crippen LogP contribution in [0.5, 0.6) is 5.75 Å². The first kappa shape index (κ1) is 16.5. The zero-order valence-electron chi connectivity index (χ0n) is 13.6. The first-order valence-electron chi connectivity index (χ1n) is 7.66. The van der Waals surface area contributed by atoms with Crippen molar-refractivity contribution in [3.05, 3.63) is 59.9 Å². The highest BCUT2D eigenvalue weighted by Crippen LogP contribution is 2.31. The first-order chi connectivity index (χ1) is 11.7. The number of thioether (sulfide) groups is 1. The molecule has 0 saturated heterocycles. The monoisotopic (exact) mass is 343 g/mol. The summed E-state index contributed by atoms with van der Waals surface area (Å²) < 4.78 is 20.5. The molecule has 0 spiro atoms. The molecule has 0 aliphatic heterocycles. The molecule has 2 aromatic carbocycles. The minimum Gasteiger partial charge on any atom is -0.496 e. The van der Waals surface area contributed by atoms with Crippen molar-refractivity contribution in [2.75, 3.05) is 7.11 Å². The SMILES string of the molecule is CCn1c(SCc2ccc(F)cc2)nnc1-c1ccccc1OC. The summed E-state index contributed by atoms with van der Waals surface area (Å²) in [7, 11) is 1.65. The number of methoxy groups -OCH3 is 1. The fraction of sp³-hybridized carbons (Fsp3) is 0.222. The van der Waals surface area contributed by atoms with Gasteiger partial charge in [0.15, 0.2) is 11.0 Å². The molecule has 0 fully saturated rings. The molecule has 3 rings (SSSR count). The average molecular weight is 343 g/mol. The molecule has 0 aliphatic carbocycles. The zero-order chi connectivity index (χ0) is 16.9. The normalized spacial score (nSPS) is 10.8. The second-order valence-corrected chi connectivity index (χ2v) is 6.11. The standard InChI is InChI=1S/C18H18FN3OS/c1-3-22-17(15-6-4-5-7-16(15)23-2)20-21-18(22)24-12-13-8-10-14(19)11-9-13/h4-11H,3,12H2,1-2H3. The topological polar surface area (TPSA) is 39.9 Å². The lowest BCUT2D eigenvalue weighted by atomic mass is 10.2. The Bertz CT molecular complexity index is 817. The molecular formula is C18H18FN3OS. The quantitative estimate of drug-likeness (QED) is 0.622. The summed E-state index contributed by atoms with van der Waals surface area (Å²) in [5.74, 6) is 2.05. The zero-order valence-corrected chi connectivity index (χ0v) is 14.4. The average Bonchev–Trinajstić information content (AvgIpc) is 3.04. The van der Waals surface area contributed by atoms with E-state index in [0.29, 0.717) is 5.75 Å². The molecule has 0 N–H and O–H groups in total. The molecule has 0 amide bonds. The van der Waals surface area contributed by atoms with E-state index in [1.54, 1.807) is 31.0 Å². The summed E-state index contributed by atoms with van der Waals surface area (Å²) in [6.07, 6.45) is 0. The van der Waals surface area contributed by atoms with E-state index >= 15 is 0 Å². The third-order valence-corrected chi connectivity index (χ3v) is 4.70. The highest BCUT2D eigenvalue weighted by atomic mass is 32.2. The molecule has 3 aromatic rings. The van der Waals surface area contributed by atoms with Crippen LogP contribution in [0.1, 0.15) is 12.5 Å². The predicted molar refractivity (Wildman–Crippen MR) is 93.6 cm³/mol. The van der Waals surface area contributed by atoms with Crippen molar-refractivity contribution in [2.45, 2.75) is 24.4 Å². The van der Waals surface area contributed by atoms with Gasteiger partial charge in [-0.05, 0) is 36.8 Å². The van der Waals surface area contributed by atoms with Gasteiger partial charge >= 0.3 is 0 Å². The van der Waals surface area contributed by atoms with Crippen LogP contribution < -0.4 is 4.74 Å². The Kier molecular flexibility index (Phi) is 5.15. The molecule has 24 heavy (non-hydrogen) atoms. The van der Waals surface area contributed by atoms with Crippen molar-refractivity contribution in [1.82, 2.24) is 14.8 Å². The van der Waals surface area contributed by atoms with Gasteiger partial charge in [0.25, 0.3) is 0 Å². The molecule has 1 heterocycles. The maximum atomic E-state index is 13.0. The van der Waals surface area contributed by atoms with Gasteiger partial charge in [-0.15, -0.1) is 10.2 Å². The first-order valence-corrected chi connectivity index (χ1v) is 8.65. The van der Waals surface area contributed by atoms with Gasteiger partial charge in [-0.3, -0.25) is 0 Å². The van der Waals surface area contributed by atoms with E-state index in [4.69, 9.17) is 4.74 Å². The van der Waals surface area contributed by atoms with Gasteiger partial charge in [-0.25, -0.2) is 4.39 Å². The molecule has 0 bridgehead atoms. The van der Waals surface area contributed by atoms with Crippen molar-refractivity contribution in [3.8, 4) is 17.1 Å². The molecule has 0 radical (unpaired) electrons. The second-order valence-electron chi connectivity index (χ2n) is 5.17. The Hall–Kier alpha value is -2.34. The molecule has 4 nitrogen and oxygen atoms in total. The number of benzene rings is 2. The maximum Gasteiger partial charge on any atom is 0.191 e. The van der Waals surface area contributed by atoms with Gasteiger partial charge in [0.1, 0.15) is 11.6 Å². The van der Waals surface area contributed by atoms with Crippen molar-refractivity contribution in [1.29, 1.82) is 0 Å². The van der Waals surface area contributed by atoms with Gasteiger partial charge in [0, 0.05) is 12.3 Å². The second kappa shape index (κ2) is 7.49. The number of ether oxygens (including phenoxy) is 1. The fourth-order valence-electron chi connectivity index (χ4n) is 2.44. The summed E-state index contributed by atoms with van der Waals surface area (Å²) in [6, 6.07) is 14.3. The number of hydrogen-bond acceptors (Lipinski definition) is 4. The van der Waals surface area contributed by atoms with E-state index in [-0.39, 0.29) is 5.82 Å². The Balaban J connectivity index is 1.85. The molecular weight excluding hydrogens is 325 g/mol. The Labute approximate surface area is 144 Å². The highest BCUT2D eigenvalue weighted by Gasteiger charge is 2.16. The smallest absolute Gasteiger partial charge is 0.191 e. The number of nitrogens with zero attached hydrogens (tertiary/aromatic N) is 3. The highest BCUT2D eigenvalue weighted by molar-refractivity contribution is 7.98. The van der Waals surface area contributed by atoms with Gasteiger partial charge in [-0.1, -0.05) is 36.0 Å². The van der Waals surface area contributed by atoms with Crippen LogP contribution >= 0.6 is 11.8 Å². The van der Waals surface area contributed by atoms with Crippen LogP contribution in [0.2, 0.25) is 0 Å². The summed E-state index contributed by atoms with van der Waals surface area (Å²) in [5, 5.41) is 9.50. The number of para-hydroxylation sites is 1. The Morgan fingerprint density at radius 2 is 1.83 bits per heavy atom. The van der Waals surface area contributed by atoms with Crippen molar-refractivity contribution in [3.63, 3.8) is 0 Å². The number of halogens is 1. The van der Waals surface area contributed by atoms with Crippen molar-refractivity contribution >= 4 is 11.8 Å². The number of rotatable bonds is 6. The summed E-state index contributed by atoms with van der Waals surface area (Å²) in [5.41, 5.74) is 1.97. The lowest BCUT2D eigenvalue weighted by Gasteiger charge is -2.10. The fourth-order valence-corrected chi connectivity index (χ4v) is 3.40. The summed E-state index contributed by atoms with van der Waals surface area (Å²) >= 11 is 1.59. The minimum atomic E-state index is -0.223. The maximum absolute atomic E-state index is 13.0. The van der Waals surface area contributed by atoms with Crippen LogP contribution in [-0.4, -0.2) is 21.9 Å². The van der Waals surface area contributed by atoms with Gasteiger partial charge < -0.3 is 9.30 Å². The number of aromatic nitrogens is 3. The Morgan fingerprint density at radius 1 is 1.08 bits per heavy atom. The molecule has 0 saturated carbocycles. The van der Waals surface area contributed by atoms with Crippen LogP contribution in [-0.2, 0) is 12.3 Å². The van der Waals surface area contributed by atoms with E-state index in [9.17, 15) is 4.39 Å². The minimum absolute atomic E-state index is 0.223. The van der Waals surface area contributed by atoms with Crippen LogP contribution in [0.4, 0.5) is 4.39 Å². The molecule has 0 unspecified atom stereocenters. The van der Waals surface area contributed by atoms with Crippen LogP contribution in [0.15, 0.2) is 53.7 Å². The third kappa shape index (κ3) is 3.43.